The second kappa shape index (κ2) is 7.26. The van der Waals surface area contributed by atoms with E-state index in [1.165, 1.54) is 7.11 Å². The monoisotopic (exact) mass is 328 g/mol. The number of hydrogen-bond donors (Lipinski definition) is 2. The molecule has 1 aromatic rings. The van der Waals surface area contributed by atoms with Crippen LogP contribution in [-0.4, -0.2) is 39.6 Å². The first kappa shape index (κ1) is 18.0. The Morgan fingerprint density at radius 3 is 2.09 bits per heavy atom. The lowest BCUT2D eigenvalue weighted by Crippen LogP contribution is -2.50. The molecule has 0 fully saturated rings. The highest BCUT2D eigenvalue weighted by Gasteiger charge is 2.26. The van der Waals surface area contributed by atoms with Crippen LogP contribution < -0.4 is 14.8 Å². The predicted molar refractivity (Wildman–Crippen MR) is 82.1 cm³/mol. The number of carbonyl (C=O) groups is 2. The van der Waals surface area contributed by atoms with Gasteiger partial charge in [0.2, 0.25) is 10.0 Å². The second-order valence-corrected chi connectivity index (χ2v) is 6.91. The maximum absolute atomic E-state index is 12.1. The molecule has 7 nitrogen and oxygen atoms in total. The number of hydrogen-bond acceptors (Lipinski definition) is 5. The highest BCUT2D eigenvalue weighted by molar-refractivity contribution is 7.89. The first-order valence-electron chi connectivity index (χ1n) is 6.60. The van der Waals surface area contributed by atoms with Crippen molar-refractivity contribution >= 4 is 21.8 Å². The smallest absolute Gasteiger partial charge is 0.256 e. The predicted octanol–water partition coefficient (Wildman–Crippen LogP) is 0.525. The van der Waals surface area contributed by atoms with Crippen molar-refractivity contribution in [2.75, 3.05) is 13.4 Å². The van der Waals surface area contributed by atoms with Gasteiger partial charge < -0.3 is 10.1 Å². The molecule has 1 aromatic carbocycles. The number of ether oxygens (including phenoxy) is 1. The average molecular weight is 328 g/mol. The van der Waals surface area contributed by atoms with Crippen LogP contribution in [0, 0.1) is 5.92 Å². The number of methoxy groups -OCH3 is 1. The van der Waals surface area contributed by atoms with Gasteiger partial charge in [0.15, 0.2) is 0 Å². The SMILES string of the molecule is COc1ccc(C(=O)N[C@@H](C(=O)NS(C)(=O)=O)C(C)C)cc1. The van der Waals surface area contributed by atoms with Gasteiger partial charge in [-0.1, -0.05) is 13.8 Å². The molecule has 0 bridgehead atoms. The number of sulfonamides is 1. The van der Waals surface area contributed by atoms with Crippen molar-refractivity contribution in [3.8, 4) is 5.75 Å². The Bertz CT molecular complexity index is 638. The lowest BCUT2D eigenvalue weighted by Gasteiger charge is -2.21. The van der Waals surface area contributed by atoms with Crippen LogP contribution in [0.4, 0.5) is 0 Å². The molecule has 8 heteroatoms. The molecule has 1 atom stereocenters. The van der Waals surface area contributed by atoms with Crippen molar-refractivity contribution in [3.05, 3.63) is 29.8 Å². The van der Waals surface area contributed by atoms with Gasteiger partial charge in [0.25, 0.3) is 11.8 Å². The van der Waals surface area contributed by atoms with Gasteiger partial charge in [-0.05, 0) is 30.2 Å². The van der Waals surface area contributed by atoms with E-state index < -0.39 is 27.9 Å². The Morgan fingerprint density at radius 2 is 1.68 bits per heavy atom. The molecular weight excluding hydrogens is 308 g/mol. The summed E-state index contributed by atoms with van der Waals surface area (Å²) in [6, 6.07) is 5.40. The largest absolute Gasteiger partial charge is 0.497 e. The zero-order chi connectivity index (χ0) is 16.9. The molecule has 0 saturated carbocycles. The van der Waals surface area contributed by atoms with Crippen LogP contribution in [0.1, 0.15) is 24.2 Å². The quantitative estimate of drug-likeness (QED) is 0.793. The van der Waals surface area contributed by atoms with Gasteiger partial charge in [-0.15, -0.1) is 0 Å². The molecule has 0 aromatic heterocycles. The molecule has 22 heavy (non-hydrogen) atoms. The summed E-state index contributed by atoms with van der Waals surface area (Å²) >= 11 is 0. The molecule has 0 aliphatic rings. The van der Waals surface area contributed by atoms with Crippen LogP contribution in [0.25, 0.3) is 0 Å². The Kier molecular flexibility index (Phi) is 5.92. The Morgan fingerprint density at radius 1 is 1.14 bits per heavy atom. The van der Waals surface area contributed by atoms with E-state index in [9.17, 15) is 18.0 Å². The molecule has 0 heterocycles. The number of rotatable bonds is 6. The molecule has 2 amide bonds. The van der Waals surface area contributed by atoms with Crippen molar-refractivity contribution in [2.45, 2.75) is 19.9 Å². The van der Waals surface area contributed by atoms with Crippen molar-refractivity contribution in [2.24, 2.45) is 5.92 Å². The van der Waals surface area contributed by atoms with Crippen molar-refractivity contribution in [1.29, 1.82) is 0 Å². The molecule has 0 aliphatic carbocycles. The minimum atomic E-state index is -3.68. The summed E-state index contributed by atoms with van der Waals surface area (Å²) < 4.78 is 29.1. The van der Waals surface area contributed by atoms with Gasteiger partial charge >= 0.3 is 0 Å². The van der Waals surface area contributed by atoms with E-state index in [2.05, 4.69) is 5.32 Å². The van der Waals surface area contributed by atoms with E-state index in [1.54, 1.807) is 38.1 Å². The molecular formula is C14H20N2O5S. The van der Waals surface area contributed by atoms with Crippen LogP contribution in [0.2, 0.25) is 0 Å². The maximum Gasteiger partial charge on any atom is 0.256 e. The highest BCUT2D eigenvalue weighted by atomic mass is 32.2. The van der Waals surface area contributed by atoms with Crippen molar-refractivity contribution in [3.63, 3.8) is 0 Å². The van der Waals surface area contributed by atoms with Crippen LogP contribution >= 0.6 is 0 Å². The molecule has 122 valence electrons. The second-order valence-electron chi connectivity index (χ2n) is 5.16. The van der Waals surface area contributed by atoms with E-state index in [0.29, 0.717) is 11.3 Å². The topological polar surface area (TPSA) is 102 Å². The summed E-state index contributed by atoms with van der Waals surface area (Å²) in [6.07, 6.45) is 0.883. The Labute approximate surface area is 130 Å². The summed E-state index contributed by atoms with van der Waals surface area (Å²) in [5, 5.41) is 2.54. The van der Waals surface area contributed by atoms with Gasteiger partial charge in [0.05, 0.1) is 13.4 Å². The van der Waals surface area contributed by atoms with E-state index in [0.717, 1.165) is 6.26 Å². The third kappa shape index (κ3) is 5.36. The number of benzene rings is 1. The molecule has 0 saturated heterocycles. The summed E-state index contributed by atoms with van der Waals surface area (Å²) in [6.45, 7) is 3.42. The van der Waals surface area contributed by atoms with Crippen molar-refractivity contribution < 1.29 is 22.7 Å². The van der Waals surface area contributed by atoms with E-state index >= 15 is 0 Å². The number of nitrogens with one attached hydrogen (secondary N) is 2. The van der Waals surface area contributed by atoms with Gasteiger partial charge in [0, 0.05) is 5.56 Å². The fourth-order valence-electron chi connectivity index (χ4n) is 1.75. The molecule has 2 N–H and O–H groups in total. The lowest BCUT2D eigenvalue weighted by molar-refractivity contribution is -0.122. The third-order valence-electron chi connectivity index (χ3n) is 2.87. The zero-order valence-corrected chi connectivity index (χ0v) is 13.7. The van der Waals surface area contributed by atoms with E-state index in [4.69, 9.17) is 4.74 Å². The highest BCUT2D eigenvalue weighted by Crippen LogP contribution is 2.12. The fraction of sp³-hybridized carbons (Fsp3) is 0.429. The molecule has 0 spiro atoms. The summed E-state index contributed by atoms with van der Waals surface area (Å²) in [5.74, 6) is -0.903. The summed E-state index contributed by atoms with van der Waals surface area (Å²) in [4.78, 5) is 24.1. The van der Waals surface area contributed by atoms with Gasteiger partial charge in [-0.2, -0.15) is 0 Å². The first-order valence-corrected chi connectivity index (χ1v) is 8.49. The normalized spacial score (nSPS) is 12.6. The minimum absolute atomic E-state index is 0.274. The average Bonchev–Trinajstić information content (AvgIpc) is 2.42. The van der Waals surface area contributed by atoms with Crippen LogP contribution in [-0.2, 0) is 14.8 Å². The first-order chi connectivity index (χ1) is 10.1. The van der Waals surface area contributed by atoms with Crippen molar-refractivity contribution in [1.82, 2.24) is 10.0 Å². The standard InChI is InChI=1S/C14H20N2O5S/c1-9(2)12(14(18)16-22(4,19)20)15-13(17)10-5-7-11(21-3)8-6-10/h5-9,12H,1-4H3,(H,15,17)(H,16,18)/t12-/m1/s1. The van der Waals surface area contributed by atoms with Gasteiger partial charge in [-0.3, -0.25) is 14.3 Å². The van der Waals surface area contributed by atoms with Crippen LogP contribution in [0.3, 0.4) is 0 Å². The Balaban J connectivity index is 2.85. The number of carbonyl (C=O) groups excluding carboxylic acids is 2. The Hall–Kier alpha value is -2.09. The van der Waals surface area contributed by atoms with E-state index in [1.807, 2.05) is 4.72 Å². The summed E-state index contributed by atoms with van der Waals surface area (Å²) in [5.41, 5.74) is 0.346. The van der Waals surface area contributed by atoms with E-state index in [-0.39, 0.29) is 5.92 Å². The number of amides is 2. The molecule has 0 aliphatic heterocycles. The van der Waals surface area contributed by atoms with Crippen LogP contribution in [0.15, 0.2) is 24.3 Å². The molecule has 0 unspecified atom stereocenters. The fourth-order valence-corrected chi connectivity index (χ4v) is 2.24. The minimum Gasteiger partial charge on any atom is -0.497 e. The summed E-state index contributed by atoms with van der Waals surface area (Å²) in [7, 11) is -2.17. The maximum atomic E-state index is 12.1. The third-order valence-corrected chi connectivity index (χ3v) is 3.45. The van der Waals surface area contributed by atoms with Gasteiger partial charge in [-0.25, -0.2) is 8.42 Å². The molecule has 0 radical (unpaired) electrons. The zero-order valence-electron chi connectivity index (χ0n) is 12.9. The van der Waals surface area contributed by atoms with Crippen LogP contribution in [0.5, 0.6) is 5.75 Å². The van der Waals surface area contributed by atoms with Gasteiger partial charge in [0.1, 0.15) is 11.8 Å². The lowest BCUT2D eigenvalue weighted by atomic mass is 10.0. The molecule has 1 rings (SSSR count).